The number of carbonyl (C=O) groups is 1. The first-order valence-corrected chi connectivity index (χ1v) is 15.2. The van der Waals surface area contributed by atoms with Crippen molar-refractivity contribution >= 4 is 57.0 Å². The summed E-state index contributed by atoms with van der Waals surface area (Å²) in [6.07, 6.45) is 5.69. The molecule has 0 bridgehead atoms. The van der Waals surface area contributed by atoms with Crippen LogP contribution in [-0.2, 0) is 19.5 Å². The highest BCUT2D eigenvalue weighted by Gasteiger charge is 2.18. The first kappa shape index (κ1) is 31.0. The van der Waals surface area contributed by atoms with Crippen LogP contribution in [0.2, 0.25) is 10.0 Å². The molecular weight excluding hydrogens is 607 g/mol. The Morgan fingerprint density at radius 3 is 2.40 bits per heavy atom. The van der Waals surface area contributed by atoms with Gasteiger partial charge in [-0.3, -0.25) is 14.8 Å². The van der Waals surface area contributed by atoms with Crippen molar-refractivity contribution in [1.82, 2.24) is 25.6 Å². The first-order chi connectivity index (χ1) is 21.0. The highest BCUT2D eigenvalue weighted by atomic mass is 35.5. The third-order valence-corrected chi connectivity index (χ3v) is 8.51. The average molecular weight is 638 g/mol. The van der Waals surface area contributed by atoms with E-state index in [1.54, 1.807) is 18.5 Å². The van der Waals surface area contributed by atoms with Gasteiger partial charge in [-0.25, -0.2) is 4.98 Å². The molecule has 1 amide bonds. The predicted octanol–water partition coefficient (Wildman–Crippen LogP) is 5.07. The van der Waals surface area contributed by atoms with Gasteiger partial charge in [-0.05, 0) is 29.3 Å². The minimum Gasteiger partial charge on any atom is -0.395 e. The van der Waals surface area contributed by atoms with E-state index >= 15 is 0 Å². The Balaban J connectivity index is 1.36. The van der Waals surface area contributed by atoms with Gasteiger partial charge in [-0.2, -0.15) is 0 Å². The Kier molecular flexibility index (Phi) is 10.7. The van der Waals surface area contributed by atoms with Crippen LogP contribution in [0.25, 0.3) is 22.0 Å². The van der Waals surface area contributed by atoms with E-state index < -0.39 is 0 Å². The highest BCUT2D eigenvalue weighted by molar-refractivity contribution is 7.13. The van der Waals surface area contributed by atoms with Crippen LogP contribution in [0.5, 0.6) is 0 Å². The van der Waals surface area contributed by atoms with E-state index in [0.717, 1.165) is 38.2 Å². The van der Waals surface area contributed by atoms with Gasteiger partial charge in [-0.15, -0.1) is 11.3 Å². The summed E-state index contributed by atoms with van der Waals surface area (Å²) in [4.78, 5) is 27.3. The number of amides is 1. The number of hydrogen-bond acceptors (Lipinski definition) is 9. The molecule has 0 saturated carbocycles. The van der Waals surface area contributed by atoms with Crippen LogP contribution >= 0.6 is 34.5 Å². The number of rotatable bonds is 13. The van der Waals surface area contributed by atoms with Crippen molar-refractivity contribution < 1.29 is 15.0 Å². The van der Waals surface area contributed by atoms with Gasteiger partial charge in [0.25, 0.3) is 5.91 Å². The van der Waals surface area contributed by atoms with Crippen molar-refractivity contribution in [3.05, 3.63) is 104 Å². The van der Waals surface area contributed by atoms with Crippen LogP contribution in [-0.4, -0.2) is 57.4 Å². The number of pyridine rings is 2. The molecule has 5 rings (SSSR count). The number of aliphatic hydroxyl groups is 2. The Labute approximate surface area is 263 Å². The smallest absolute Gasteiger partial charge is 0.284 e. The summed E-state index contributed by atoms with van der Waals surface area (Å²) >= 11 is 15.1. The van der Waals surface area contributed by atoms with Crippen molar-refractivity contribution in [1.29, 1.82) is 0 Å². The summed E-state index contributed by atoms with van der Waals surface area (Å²) in [6.45, 7) is 2.24. The number of nitrogens with zero attached hydrogens (tertiary/aromatic N) is 3. The van der Waals surface area contributed by atoms with E-state index in [4.69, 9.17) is 33.4 Å². The van der Waals surface area contributed by atoms with E-state index in [2.05, 4.69) is 37.0 Å². The molecule has 0 radical (unpaired) electrons. The molecule has 3 aromatic heterocycles. The van der Waals surface area contributed by atoms with E-state index in [1.165, 1.54) is 11.3 Å². The molecule has 0 atom stereocenters. The van der Waals surface area contributed by atoms with Crippen molar-refractivity contribution in [3.8, 4) is 11.1 Å². The molecule has 5 aromatic rings. The number of aromatic nitrogens is 3. The Hall–Kier alpha value is -3.48. The maximum absolute atomic E-state index is 12.9. The standard InChI is InChI=1S/C31H30Cl2N6O3S/c32-27-20(14-26-29-21(7-8-36-26)13-19(16-37-29)15-34-9-11-40)3-1-4-23(27)24-5-2-6-25(28(24)33)39-30(42)31-38-18-22(43-31)17-35-10-12-41/h1-8,13,16,18,34-35,40-41H,9-12,14-15,17H2,(H,39,42). The zero-order valence-electron chi connectivity index (χ0n) is 23.1. The third kappa shape index (κ3) is 7.54. The molecule has 0 saturated heterocycles. The Bertz CT molecular complexity index is 1730. The third-order valence-electron chi connectivity index (χ3n) is 6.66. The quantitative estimate of drug-likeness (QED) is 0.113. The van der Waals surface area contributed by atoms with E-state index in [-0.39, 0.29) is 19.1 Å². The molecule has 222 valence electrons. The van der Waals surface area contributed by atoms with Gasteiger partial charge < -0.3 is 26.2 Å². The molecule has 0 aliphatic rings. The second-order valence-corrected chi connectivity index (χ2v) is 11.6. The van der Waals surface area contributed by atoms with Gasteiger partial charge in [0, 0.05) is 72.6 Å². The maximum atomic E-state index is 12.9. The molecule has 2 aromatic carbocycles. The molecule has 0 aliphatic heterocycles. The number of thiazole rings is 1. The van der Waals surface area contributed by atoms with Crippen LogP contribution in [0, 0.1) is 0 Å². The van der Waals surface area contributed by atoms with Crippen molar-refractivity contribution in [2.24, 2.45) is 0 Å². The number of benzene rings is 2. The lowest BCUT2D eigenvalue weighted by Crippen LogP contribution is -2.17. The second kappa shape index (κ2) is 14.8. The molecular formula is C31H30Cl2N6O3S. The topological polar surface area (TPSA) is 132 Å². The first-order valence-electron chi connectivity index (χ1n) is 13.7. The highest BCUT2D eigenvalue weighted by Crippen LogP contribution is 2.39. The van der Waals surface area contributed by atoms with Gasteiger partial charge in [0.2, 0.25) is 0 Å². The molecule has 0 aliphatic carbocycles. The fraction of sp³-hybridized carbons (Fsp3) is 0.226. The van der Waals surface area contributed by atoms with Crippen molar-refractivity contribution in [3.63, 3.8) is 0 Å². The van der Waals surface area contributed by atoms with Crippen LogP contribution in [0.15, 0.2) is 67.1 Å². The van der Waals surface area contributed by atoms with E-state index in [1.807, 2.05) is 42.6 Å². The molecule has 0 unspecified atom stereocenters. The van der Waals surface area contributed by atoms with E-state index in [9.17, 15) is 4.79 Å². The number of hydrogen-bond donors (Lipinski definition) is 5. The SMILES string of the molecule is O=C(Nc1cccc(-c2cccc(Cc3nccc4cc(CNCCO)cnc34)c2Cl)c1Cl)c1ncc(CNCCO)s1. The van der Waals surface area contributed by atoms with E-state index in [0.29, 0.717) is 58.9 Å². The van der Waals surface area contributed by atoms with Gasteiger partial charge >= 0.3 is 0 Å². The van der Waals surface area contributed by atoms with Gasteiger partial charge in [0.05, 0.1) is 40.2 Å². The Morgan fingerprint density at radius 2 is 1.60 bits per heavy atom. The summed E-state index contributed by atoms with van der Waals surface area (Å²) in [5.74, 6) is -0.362. The zero-order chi connectivity index (χ0) is 30.2. The summed E-state index contributed by atoms with van der Waals surface area (Å²) in [5.41, 5.74) is 5.35. The Morgan fingerprint density at radius 1 is 0.860 bits per heavy atom. The molecule has 5 N–H and O–H groups in total. The average Bonchev–Trinajstić information content (AvgIpc) is 3.49. The number of aliphatic hydroxyl groups excluding tert-OH is 2. The number of fused-ring (bicyclic) bond motifs is 1. The van der Waals surface area contributed by atoms with Crippen LogP contribution in [0.1, 0.15) is 31.5 Å². The normalized spacial score (nSPS) is 11.3. The van der Waals surface area contributed by atoms with Crippen LogP contribution < -0.4 is 16.0 Å². The second-order valence-electron chi connectivity index (χ2n) is 9.68. The fourth-order valence-electron chi connectivity index (χ4n) is 4.60. The molecule has 12 heteroatoms. The number of carbonyl (C=O) groups excluding carboxylic acids is 1. The predicted molar refractivity (Wildman–Crippen MR) is 172 cm³/mol. The minimum atomic E-state index is -0.362. The van der Waals surface area contributed by atoms with Gasteiger partial charge in [-0.1, -0.05) is 53.5 Å². The summed E-state index contributed by atoms with van der Waals surface area (Å²) in [7, 11) is 0. The monoisotopic (exact) mass is 636 g/mol. The summed E-state index contributed by atoms with van der Waals surface area (Å²) in [5, 5.41) is 29.2. The molecule has 0 fully saturated rings. The zero-order valence-corrected chi connectivity index (χ0v) is 25.4. The number of nitrogens with one attached hydrogen (secondary N) is 3. The lowest BCUT2D eigenvalue weighted by Gasteiger charge is -2.14. The molecule has 43 heavy (non-hydrogen) atoms. The lowest BCUT2D eigenvalue weighted by molar-refractivity contribution is 0.102. The van der Waals surface area contributed by atoms with Gasteiger partial charge in [0.15, 0.2) is 5.01 Å². The number of halogens is 2. The molecule has 0 spiro atoms. The summed E-state index contributed by atoms with van der Waals surface area (Å²) < 4.78 is 0. The van der Waals surface area contributed by atoms with Crippen molar-refractivity contribution in [2.75, 3.05) is 31.6 Å². The summed E-state index contributed by atoms with van der Waals surface area (Å²) in [6, 6.07) is 15.2. The van der Waals surface area contributed by atoms with Crippen molar-refractivity contribution in [2.45, 2.75) is 19.5 Å². The van der Waals surface area contributed by atoms with Crippen LogP contribution in [0.3, 0.4) is 0 Å². The van der Waals surface area contributed by atoms with Gasteiger partial charge in [0.1, 0.15) is 0 Å². The fourth-order valence-corrected chi connectivity index (χ4v) is 5.95. The molecule has 3 heterocycles. The van der Waals surface area contributed by atoms with Crippen LogP contribution in [0.4, 0.5) is 5.69 Å². The maximum Gasteiger partial charge on any atom is 0.284 e. The number of anilines is 1. The molecule has 9 nitrogen and oxygen atoms in total. The largest absolute Gasteiger partial charge is 0.395 e. The minimum absolute atomic E-state index is 0.0390. The lowest BCUT2D eigenvalue weighted by atomic mass is 9.99.